The van der Waals surface area contributed by atoms with Crippen molar-refractivity contribution < 1.29 is 9.18 Å². The number of carbonyl (C=O) groups excluding carboxylic acids is 1. The fraction of sp³-hybridized carbons (Fsp3) is 0.417. The summed E-state index contributed by atoms with van der Waals surface area (Å²) in [5.41, 5.74) is 0.747. The summed E-state index contributed by atoms with van der Waals surface area (Å²) < 4.78 is 13.8. The minimum absolute atomic E-state index is 0.0151. The zero-order chi connectivity index (χ0) is 12.3. The fourth-order valence-electron chi connectivity index (χ4n) is 1.89. The van der Waals surface area contributed by atoms with Gasteiger partial charge in [-0.05, 0) is 43.1 Å². The normalized spacial score (nSPS) is 19.3. The standard InChI is InChI=1S/C12H14BrFN2O/c13-10-4-3-9(14)6-8(10)7-16-12(17)11-2-1-5-15-11/h3-4,6,11,15H,1-2,5,7H2,(H,16,17)/t11-/m1/s1. The minimum atomic E-state index is -0.295. The average Bonchev–Trinajstić information content (AvgIpc) is 2.83. The summed E-state index contributed by atoms with van der Waals surface area (Å²) in [6.45, 7) is 1.23. The Morgan fingerprint density at radius 2 is 2.41 bits per heavy atom. The van der Waals surface area contributed by atoms with E-state index in [-0.39, 0.29) is 17.8 Å². The van der Waals surface area contributed by atoms with Crippen molar-refractivity contribution in [2.75, 3.05) is 6.54 Å². The molecule has 2 N–H and O–H groups in total. The van der Waals surface area contributed by atoms with Crippen molar-refractivity contribution in [3.05, 3.63) is 34.1 Å². The number of hydrogen-bond acceptors (Lipinski definition) is 2. The molecule has 0 radical (unpaired) electrons. The fourth-order valence-corrected chi connectivity index (χ4v) is 2.28. The van der Waals surface area contributed by atoms with Crippen LogP contribution in [0.15, 0.2) is 22.7 Å². The molecular weight excluding hydrogens is 287 g/mol. The number of rotatable bonds is 3. The van der Waals surface area contributed by atoms with E-state index in [0.717, 1.165) is 29.4 Å². The lowest BCUT2D eigenvalue weighted by Gasteiger charge is -2.11. The first-order chi connectivity index (χ1) is 8.16. The van der Waals surface area contributed by atoms with Gasteiger partial charge < -0.3 is 10.6 Å². The Labute approximate surface area is 108 Å². The van der Waals surface area contributed by atoms with E-state index >= 15 is 0 Å². The molecule has 92 valence electrons. The first-order valence-electron chi connectivity index (χ1n) is 5.62. The van der Waals surface area contributed by atoms with E-state index in [1.807, 2.05) is 0 Å². The van der Waals surface area contributed by atoms with Crippen LogP contribution < -0.4 is 10.6 Å². The molecule has 1 atom stereocenters. The van der Waals surface area contributed by atoms with Crippen molar-refractivity contribution in [2.45, 2.75) is 25.4 Å². The second kappa shape index (κ2) is 5.60. The minimum Gasteiger partial charge on any atom is -0.351 e. The van der Waals surface area contributed by atoms with Crippen LogP contribution in [0.3, 0.4) is 0 Å². The second-order valence-corrected chi connectivity index (χ2v) is 4.96. The number of benzene rings is 1. The van der Waals surface area contributed by atoms with E-state index in [1.54, 1.807) is 6.07 Å². The molecule has 1 saturated heterocycles. The molecule has 0 spiro atoms. The highest BCUT2D eigenvalue weighted by atomic mass is 79.9. The van der Waals surface area contributed by atoms with Crippen LogP contribution in [0.2, 0.25) is 0 Å². The van der Waals surface area contributed by atoms with Gasteiger partial charge in [-0.25, -0.2) is 4.39 Å². The van der Waals surface area contributed by atoms with Gasteiger partial charge in [0.15, 0.2) is 0 Å². The summed E-state index contributed by atoms with van der Waals surface area (Å²) in [6.07, 6.45) is 1.90. The molecule has 1 aliphatic heterocycles. The van der Waals surface area contributed by atoms with Crippen molar-refractivity contribution >= 4 is 21.8 Å². The number of amides is 1. The lowest BCUT2D eigenvalue weighted by molar-refractivity contribution is -0.122. The average molecular weight is 301 g/mol. The van der Waals surface area contributed by atoms with Crippen LogP contribution in [-0.4, -0.2) is 18.5 Å². The Balaban J connectivity index is 1.92. The largest absolute Gasteiger partial charge is 0.351 e. The van der Waals surface area contributed by atoms with Crippen molar-refractivity contribution in [2.24, 2.45) is 0 Å². The van der Waals surface area contributed by atoms with Gasteiger partial charge in [0.2, 0.25) is 5.91 Å². The third-order valence-electron chi connectivity index (χ3n) is 2.84. The van der Waals surface area contributed by atoms with Crippen LogP contribution in [-0.2, 0) is 11.3 Å². The van der Waals surface area contributed by atoms with Crippen LogP contribution in [0.1, 0.15) is 18.4 Å². The highest BCUT2D eigenvalue weighted by Crippen LogP contribution is 2.17. The lowest BCUT2D eigenvalue weighted by Crippen LogP contribution is -2.40. The smallest absolute Gasteiger partial charge is 0.237 e. The Hall–Kier alpha value is -0.940. The monoisotopic (exact) mass is 300 g/mol. The number of carbonyl (C=O) groups is 1. The highest BCUT2D eigenvalue weighted by Gasteiger charge is 2.21. The Morgan fingerprint density at radius 3 is 3.12 bits per heavy atom. The van der Waals surface area contributed by atoms with E-state index in [9.17, 15) is 9.18 Å². The van der Waals surface area contributed by atoms with E-state index in [2.05, 4.69) is 26.6 Å². The molecule has 1 heterocycles. The lowest BCUT2D eigenvalue weighted by atomic mass is 10.2. The maximum Gasteiger partial charge on any atom is 0.237 e. The van der Waals surface area contributed by atoms with Crippen LogP contribution in [0, 0.1) is 5.82 Å². The van der Waals surface area contributed by atoms with Crippen molar-refractivity contribution in [1.82, 2.24) is 10.6 Å². The van der Waals surface area contributed by atoms with E-state index in [0.29, 0.717) is 6.54 Å². The van der Waals surface area contributed by atoms with Gasteiger partial charge in [0, 0.05) is 11.0 Å². The summed E-state index contributed by atoms with van der Waals surface area (Å²) in [5, 5.41) is 5.93. The topological polar surface area (TPSA) is 41.1 Å². The van der Waals surface area contributed by atoms with Gasteiger partial charge in [0.1, 0.15) is 5.82 Å². The molecule has 1 aromatic rings. The zero-order valence-corrected chi connectivity index (χ0v) is 10.9. The van der Waals surface area contributed by atoms with Gasteiger partial charge >= 0.3 is 0 Å². The van der Waals surface area contributed by atoms with Crippen LogP contribution >= 0.6 is 15.9 Å². The van der Waals surface area contributed by atoms with Gasteiger partial charge in [0.25, 0.3) is 0 Å². The van der Waals surface area contributed by atoms with Crippen molar-refractivity contribution in [1.29, 1.82) is 0 Å². The molecule has 1 amide bonds. The Morgan fingerprint density at radius 1 is 1.59 bits per heavy atom. The molecule has 3 nitrogen and oxygen atoms in total. The molecular formula is C12H14BrFN2O. The van der Waals surface area contributed by atoms with Crippen LogP contribution in [0.25, 0.3) is 0 Å². The molecule has 0 saturated carbocycles. The van der Waals surface area contributed by atoms with Gasteiger partial charge in [-0.15, -0.1) is 0 Å². The van der Waals surface area contributed by atoms with Gasteiger partial charge in [0.05, 0.1) is 6.04 Å². The van der Waals surface area contributed by atoms with Crippen molar-refractivity contribution in [3.8, 4) is 0 Å². The molecule has 1 fully saturated rings. The molecule has 0 aromatic heterocycles. The predicted molar refractivity (Wildman–Crippen MR) is 67.0 cm³/mol. The molecule has 1 aliphatic rings. The summed E-state index contributed by atoms with van der Waals surface area (Å²) in [7, 11) is 0. The maximum atomic E-state index is 13.0. The van der Waals surface area contributed by atoms with E-state index in [4.69, 9.17) is 0 Å². The maximum absolute atomic E-state index is 13.0. The molecule has 0 unspecified atom stereocenters. The SMILES string of the molecule is O=C(NCc1cc(F)ccc1Br)[C@H]1CCCN1. The van der Waals surface area contributed by atoms with Crippen molar-refractivity contribution in [3.63, 3.8) is 0 Å². The second-order valence-electron chi connectivity index (χ2n) is 4.10. The number of hydrogen-bond donors (Lipinski definition) is 2. The molecule has 0 aliphatic carbocycles. The predicted octanol–water partition coefficient (Wildman–Crippen LogP) is 1.96. The summed E-state index contributed by atoms with van der Waals surface area (Å²) in [6, 6.07) is 4.35. The Bertz CT molecular complexity index is 419. The van der Waals surface area contributed by atoms with E-state index < -0.39 is 0 Å². The van der Waals surface area contributed by atoms with Crippen LogP contribution in [0.5, 0.6) is 0 Å². The Kier molecular flexibility index (Phi) is 4.12. The van der Waals surface area contributed by atoms with E-state index in [1.165, 1.54) is 12.1 Å². The highest BCUT2D eigenvalue weighted by molar-refractivity contribution is 9.10. The number of nitrogens with one attached hydrogen (secondary N) is 2. The summed E-state index contributed by atoms with van der Waals surface area (Å²) >= 11 is 3.33. The zero-order valence-electron chi connectivity index (χ0n) is 9.30. The quantitative estimate of drug-likeness (QED) is 0.896. The van der Waals surface area contributed by atoms with Crippen LogP contribution in [0.4, 0.5) is 4.39 Å². The van der Waals surface area contributed by atoms with Gasteiger partial charge in [-0.2, -0.15) is 0 Å². The first-order valence-corrected chi connectivity index (χ1v) is 6.41. The van der Waals surface area contributed by atoms with Gasteiger partial charge in [-0.3, -0.25) is 4.79 Å². The molecule has 1 aromatic carbocycles. The first kappa shape index (κ1) is 12.5. The molecule has 2 rings (SSSR count). The molecule has 17 heavy (non-hydrogen) atoms. The van der Waals surface area contributed by atoms with Gasteiger partial charge in [-0.1, -0.05) is 15.9 Å². The molecule has 0 bridgehead atoms. The third-order valence-corrected chi connectivity index (χ3v) is 3.61. The third kappa shape index (κ3) is 3.26. The summed E-state index contributed by atoms with van der Waals surface area (Å²) in [4.78, 5) is 11.7. The number of halogens is 2. The summed E-state index contributed by atoms with van der Waals surface area (Å²) in [5.74, 6) is -0.310. The molecule has 5 heteroatoms.